The van der Waals surface area contributed by atoms with Crippen LogP contribution in [-0.4, -0.2) is 0 Å². The molecule has 0 heteroatoms. The van der Waals surface area contributed by atoms with Gasteiger partial charge in [-0.15, -0.1) is 0 Å². The second kappa shape index (κ2) is 16.1. The van der Waals surface area contributed by atoms with Crippen molar-refractivity contribution >= 4 is 0 Å². The summed E-state index contributed by atoms with van der Waals surface area (Å²) in [6, 6.07) is 0. The highest BCUT2D eigenvalue weighted by atomic mass is 14.1. The molecule has 0 spiro atoms. The first-order valence-corrected chi connectivity index (χ1v) is 9.16. The third kappa shape index (κ3) is 14.2. The van der Waals surface area contributed by atoms with E-state index in [4.69, 9.17) is 0 Å². The fraction of sp³-hybridized carbons (Fsp3) is 0.947. The molecular weight excluding hydrogens is 228 g/mol. The Kier molecular flexibility index (Phi) is 16.1. The first-order chi connectivity index (χ1) is 9.35. The van der Waals surface area contributed by atoms with Crippen LogP contribution in [0.3, 0.4) is 0 Å². The molecule has 0 aliphatic carbocycles. The van der Waals surface area contributed by atoms with Gasteiger partial charge in [-0.05, 0) is 18.8 Å². The van der Waals surface area contributed by atoms with E-state index in [1.54, 1.807) is 0 Å². The van der Waals surface area contributed by atoms with Gasteiger partial charge in [-0.1, -0.05) is 104 Å². The molecule has 1 unspecified atom stereocenters. The van der Waals surface area contributed by atoms with E-state index in [0.717, 1.165) is 5.92 Å². The molecule has 0 saturated carbocycles. The zero-order valence-electron chi connectivity index (χ0n) is 14.1. The van der Waals surface area contributed by atoms with Crippen LogP contribution in [0.2, 0.25) is 0 Å². The predicted octanol–water partition coefficient (Wildman–Crippen LogP) is 7.33. The van der Waals surface area contributed by atoms with Crippen LogP contribution in [0.25, 0.3) is 0 Å². The maximum Gasteiger partial charge on any atom is -0.0386 e. The zero-order valence-corrected chi connectivity index (χ0v) is 14.1. The summed E-state index contributed by atoms with van der Waals surface area (Å²) in [6.07, 6.45) is 22.5. The monoisotopic (exact) mass is 267 g/mol. The molecule has 19 heavy (non-hydrogen) atoms. The van der Waals surface area contributed by atoms with Crippen LogP contribution in [0, 0.1) is 12.3 Å². The van der Waals surface area contributed by atoms with Crippen LogP contribution in [-0.2, 0) is 0 Å². The van der Waals surface area contributed by atoms with Gasteiger partial charge in [0.25, 0.3) is 0 Å². The Hall–Kier alpha value is 0. The lowest BCUT2D eigenvalue weighted by Gasteiger charge is -2.16. The minimum absolute atomic E-state index is 0.989. The van der Waals surface area contributed by atoms with E-state index in [1.165, 1.54) is 89.9 Å². The largest absolute Gasteiger partial charge is 0.0654 e. The Morgan fingerprint density at radius 3 is 1.63 bits per heavy atom. The maximum absolute atomic E-state index is 2.50. The van der Waals surface area contributed by atoms with Gasteiger partial charge in [0.2, 0.25) is 0 Å². The van der Waals surface area contributed by atoms with Crippen LogP contribution in [0.15, 0.2) is 0 Å². The van der Waals surface area contributed by atoms with E-state index in [9.17, 15) is 0 Å². The lowest BCUT2D eigenvalue weighted by atomic mass is 9.90. The van der Waals surface area contributed by atoms with Crippen molar-refractivity contribution in [3.63, 3.8) is 0 Å². The molecule has 115 valence electrons. The summed E-state index contributed by atoms with van der Waals surface area (Å²) in [5, 5.41) is 0. The number of rotatable bonds is 15. The van der Waals surface area contributed by atoms with E-state index < -0.39 is 0 Å². The summed E-state index contributed by atoms with van der Waals surface area (Å²) in [5.41, 5.74) is 0. The second-order valence-electron chi connectivity index (χ2n) is 6.20. The van der Waals surface area contributed by atoms with Crippen LogP contribution >= 0.6 is 0 Å². The van der Waals surface area contributed by atoms with Crippen molar-refractivity contribution in [2.24, 2.45) is 5.92 Å². The minimum Gasteiger partial charge on any atom is -0.0654 e. The highest BCUT2D eigenvalue weighted by molar-refractivity contribution is 4.70. The highest BCUT2D eigenvalue weighted by Gasteiger charge is 2.07. The van der Waals surface area contributed by atoms with Crippen molar-refractivity contribution < 1.29 is 0 Å². The predicted molar refractivity (Wildman–Crippen MR) is 89.5 cm³/mol. The molecule has 0 rings (SSSR count). The molecule has 0 nitrogen and oxygen atoms in total. The standard InChI is InChI=1S/C19H39/c1-4-7-10-12-13-15-18-19(16-9-6-3)17-14-11-8-5-2/h9,19H,4-8,10-18H2,1-3H3. The summed E-state index contributed by atoms with van der Waals surface area (Å²) in [4.78, 5) is 0. The van der Waals surface area contributed by atoms with Crippen molar-refractivity contribution in [2.75, 3.05) is 0 Å². The molecule has 1 radical (unpaired) electrons. The Balaban J connectivity index is 3.55. The van der Waals surface area contributed by atoms with Crippen molar-refractivity contribution in [3.05, 3.63) is 6.42 Å². The van der Waals surface area contributed by atoms with Gasteiger partial charge in [0.1, 0.15) is 0 Å². The lowest BCUT2D eigenvalue weighted by molar-refractivity contribution is 0.397. The average molecular weight is 268 g/mol. The zero-order chi connectivity index (χ0) is 14.2. The highest BCUT2D eigenvalue weighted by Crippen LogP contribution is 2.23. The Bertz CT molecular complexity index is 150. The van der Waals surface area contributed by atoms with Crippen LogP contribution in [0.5, 0.6) is 0 Å². The maximum atomic E-state index is 2.50. The summed E-state index contributed by atoms with van der Waals surface area (Å²) < 4.78 is 0. The Morgan fingerprint density at radius 2 is 1.11 bits per heavy atom. The van der Waals surface area contributed by atoms with Gasteiger partial charge in [-0.3, -0.25) is 0 Å². The Labute approximate surface area is 123 Å². The van der Waals surface area contributed by atoms with Gasteiger partial charge in [0.15, 0.2) is 0 Å². The smallest absolute Gasteiger partial charge is 0.0386 e. The number of hydrogen-bond acceptors (Lipinski definition) is 0. The number of hydrogen-bond donors (Lipinski definition) is 0. The van der Waals surface area contributed by atoms with Crippen LogP contribution in [0.1, 0.15) is 111 Å². The van der Waals surface area contributed by atoms with Gasteiger partial charge < -0.3 is 0 Å². The quantitative estimate of drug-likeness (QED) is 0.272. The first kappa shape index (κ1) is 19.0. The van der Waals surface area contributed by atoms with E-state index >= 15 is 0 Å². The van der Waals surface area contributed by atoms with Crippen molar-refractivity contribution in [3.8, 4) is 0 Å². The summed E-state index contributed by atoms with van der Waals surface area (Å²) in [5.74, 6) is 0.989. The van der Waals surface area contributed by atoms with Gasteiger partial charge >= 0.3 is 0 Å². The molecule has 0 aromatic heterocycles. The molecule has 0 amide bonds. The Morgan fingerprint density at radius 1 is 0.632 bits per heavy atom. The summed E-state index contributed by atoms with van der Waals surface area (Å²) in [7, 11) is 0. The fourth-order valence-corrected chi connectivity index (χ4v) is 2.86. The second-order valence-corrected chi connectivity index (χ2v) is 6.20. The third-order valence-electron chi connectivity index (χ3n) is 4.22. The molecule has 0 saturated heterocycles. The van der Waals surface area contributed by atoms with E-state index in [-0.39, 0.29) is 0 Å². The molecule has 0 fully saturated rings. The molecule has 0 aliphatic rings. The van der Waals surface area contributed by atoms with Gasteiger partial charge in [0, 0.05) is 0 Å². The molecule has 0 aromatic rings. The van der Waals surface area contributed by atoms with Gasteiger partial charge in [-0.2, -0.15) is 0 Å². The summed E-state index contributed by atoms with van der Waals surface area (Å²) >= 11 is 0. The van der Waals surface area contributed by atoms with Crippen LogP contribution < -0.4 is 0 Å². The SMILES string of the molecule is CC[CH]CC(CCCCCC)CCCCCCCC. The number of unbranched alkanes of at least 4 members (excludes halogenated alkanes) is 9. The van der Waals surface area contributed by atoms with Crippen molar-refractivity contribution in [1.29, 1.82) is 0 Å². The molecule has 0 aliphatic heterocycles. The lowest BCUT2D eigenvalue weighted by Crippen LogP contribution is -2.01. The molecule has 1 atom stereocenters. The topological polar surface area (TPSA) is 0 Å². The molecule has 0 N–H and O–H groups in total. The van der Waals surface area contributed by atoms with E-state index in [0.29, 0.717) is 0 Å². The van der Waals surface area contributed by atoms with E-state index in [2.05, 4.69) is 27.2 Å². The van der Waals surface area contributed by atoms with Gasteiger partial charge in [-0.25, -0.2) is 0 Å². The molecule has 0 heterocycles. The third-order valence-corrected chi connectivity index (χ3v) is 4.22. The fourth-order valence-electron chi connectivity index (χ4n) is 2.86. The minimum atomic E-state index is 0.989. The molecule has 0 aromatic carbocycles. The summed E-state index contributed by atoms with van der Waals surface area (Å²) in [6.45, 7) is 6.88. The van der Waals surface area contributed by atoms with Crippen molar-refractivity contribution in [2.45, 2.75) is 111 Å². The van der Waals surface area contributed by atoms with Gasteiger partial charge in [0.05, 0.1) is 0 Å². The van der Waals surface area contributed by atoms with E-state index in [1.807, 2.05) is 0 Å². The average Bonchev–Trinajstić information content (AvgIpc) is 2.43. The van der Waals surface area contributed by atoms with Crippen LogP contribution in [0.4, 0.5) is 0 Å². The molecule has 0 bridgehead atoms. The normalized spacial score (nSPS) is 12.8. The first-order valence-electron chi connectivity index (χ1n) is 9.16. The van der Waals surface area contributed by atoms with Crippen molar-refractivity contribution in [1.82, 2.24) is 0 Å². The molecular formula is C19H39.